The zero-order valence-corrected chi connectivity index (χ0v) is 16.1. The summed E-state index contributed by atoms with van der Waals surface area (Å²) in [7, 11) is 0. The molecule has 7 nitrogen and oxygen atoms in total. The Morgan fingerprint density at radius 3 is 2.56 bits per heavy atom. The third-order valence-electron chi connectivity index (χ3n) is 5.02. The van der Waals surface area contributed by atoms with Crippen LogP contribution < -0.4 is 21.5 Å². The first kappa shape index (κ1) is 17.7. The second kappa shape index (κ2) is 6.45. The molecule has 4 rings (SSSR count). The normalized spacial score (nSPS) is 17.8. The molecule has 2 amide bonds. The van der Waals surface area contributed by atoms with E-state index >= 15 is 0 Å². The van der Waals surface area contributed by atoms with Crippen LogP contribution in [0.4, 0.5) is 11.4 Å². The second-order valence-corrected chi connectivity index (χ2v) is 7.74. The number of amides is 2. The average Bonchev–Trinajstić information content (AvgIpc) is 2.65. The SMILES string of the molecule is Nc1ccc(C(=O)N2CCC3(CC2)NC(=O)c2cc(Br)ccc2O3)cc1N. The van der Waals surface area contributed by atoms with Crippen molar-refractivity contribution < 1.29 is 14.3 Å². The Bertz CT molecular complexity index is 939. The van der Waals surface area contributed by atoms with Crippen LogP contribution in [0.5, 0.6) is 5.75 Å². The Kier molecular flexibility index (Phi) is 4.22. The van der Waals surface area contributed by atoms with Gasteiger partial charge in [0.1, 0.15) is 5.75 Å². The van der Waals surface area contributed by atoms with Crippen molar-refractivity contribution in [2.75, 3.05) is 24.6 Å². The Morgan fingerprint density at radius 2 is 1.85 bits per heavy atom. The molecule has 8 heteroatoms. The van der Waals surface area contributed by atoms with Gasteiger partial charge in [-0.05, 0) is 36.4 Å². The number of nitrogens with one attached hydrogen (secondary N) is 1. The van der Waals surface area contributed by atoms with Crippen molar-refractivity contribution in [2.45, 2.75) is 18.6 Å². The molecule has 2 aromatic carbocycles. The van der Waals surface area contributed by atoms with Crippen molar-refractivity contribution in [1.29, 1.82) is 0 Å². The first-order valence-electron chi connectivity index (χ1n) is 8.62. The summed E-state index contributed by atoms with van der Waals surface area (Å²) in [5, 5.41) is 2.97. The monoisotopic (exact) mass is 430 g/mol. The smallest absolute Gasteiger partial charge is 0.258 e. The van der Waals surface area contributed by atoms with Crippen molar-refractivity contribution in [2.24, 2.45) is 0 Å². The highest BCUT2D eigenvalue weighted by Crippen LogP contribution is 2.35. The number of benzene rings is 2. The number of ether oxygens (including phenoxy) is 1. The first-order valence-corrected chi connectivity index (χ1v) is 9.42. The van der Waals surface area contributed by atoms with Gasteiger partial charge in [-0.25, -0.2) is 0 Å². The summed E-state index contributed by atoms with van der Waals surface area (Å²) in [5.74, 6) is 0.291. The lowest BCUT2D eigenvalue weighted by Gasteiger charge is -2.44. The summed E-state index contributed by atoms with van der Waals surface area (Å²) in [6.07, 6.45) is 1.01. The molecule has 1 spiro atoms. The minimum absolute atomic E-state index is 0.108. The minimum atomic E-state index is -0.783. The Labute approximate surface area is 164 Å². The molecule has 2 aromatic rings. The van der Waals surface area contributed by atoms with E-state index in [9.17, 15) is 9.59 Å². The molecular weight excluding hydrogens is 412 g/mol. The van der Waals surface area contributed by atoms with Gasteiger partial charge in [-0.1, -0.05) is 15.9 Å². The fourth-order valence-corrected chi connectivity index (χ4v) is 3.83. The second-order valence-electron chi connectivity index (χ2n) is 6.83. The third-order valence-corrected chi connectivity index (χ3v) is 5.52. The summed E-state index contributed by atoms with van der Waals surface area (Å²) in [4.78, 5) is 27.0. The first-order chi connectivity index (χ1) is 12.9. The van der Waals surface area contributed by atoms with E-state index in [4.69, 9.17) is 16.2 Å². The molecule has 27 heavy (non-hydrogen) atoms. The van der Waals surface area contributed by atoms with E-state index in [2.05, 4.69) is 21.2 Å². The molecule has 0 aliphatic carbocycles. The highest BCUT2D eigenvalue weighted by atomic mass is 79.9. The molecule has 2 heterocycles. The minimum Gasteiger partial charge on any atom is -0.467 e. The molecule has 0 radical (unpaired) electrons. The molecule has 2 aliphatic heterocycles. The fraction of sp³-hybridized carbons (Fsp3) is 0.263. The zero-order chi connectivity index (χ0) is 19.2. The highest BCUT2D eigenvalue weighted by Gasteiger charge is 2.43. The van der Waals surface area contributed by atoms with Crippen molar-refractivity contribution in [3.05, 3.63) is 52.0 Å². The van der Waals surface area contributed by atoms with Crippen molar-refractivity contribution in [3.8, 4) is 5.75 Å². The van der Waals surface area contributed by atoms with Crippen molar-refractivity contribution in [3.63, 3.8) is 0 Å². The van der Waals surface area contributed by atoms with Crippen LogP contribution in [0, 0.1) is 0 Å². The summed E-state index contributed by atoms with van der Waals surface area (Å²) < 4.78 is 6.95. The quantitative estimate of drug-likeness (QED) is 0.601. The number of anilines is 2. The summed E-state index contributed by atoms with van der Waals surface area (Å²) in [5.41, 5.74) is 12.6. The van der Waals surface area contributed by atoms with Gasteiger partial charge in [-0.2, -0.15) is 0 Å². The van der Waals surface area contributed by atoms with Gasteiger partial charge in [-0.15, -0.1) is 0 Å². The number of carbonyl (C=O) groups excluding carboxylic acids is 2. The molecule has 140 valence electrons. The van der Waals surface area contributed by atoms with Crippen molar-refractivity contribution >= 4 is 39.1 Å². The lowest BCUT2D eigenvalue weighted by Crippen LogP contribution is -2.61. The summed E-state index contributed by atoms with van der Waals surface area (Å²) in [6.45, 7) is 0.935. The van der Waals surface area contributed by atoms with Gasteiger partial charge in [0, 0.05) is 36.0 Å². The van der Waals surface area contributed by atoms with Gasteiger partial charge in [0.05, 0.1) is 16.9 Å². The van der Waals surface area contributed by atoms with E-state index in [0.29, 0.717) is 54.2 Å². The summed E-state index contributed by atoms with van der Waals surface area (Å²) in [6, 6.07) is 10.3. The van der Waals surface area contributed by atoms with Gasteiger partial charge < -0.3 is 26.4 Å². The number of likely N-dealkylation sites (tertiary alicyclic amines) is 1. The molecule has 5 N–H and O–H groups in total. The number of nitrogens with zero attached hydrogens (tertiary/aromatic N) is 1. The van der Waals surface area contributed by atoms with E-state index in [0.717, 1.165) is 4.47 Å². The van der Waals surface area contributed by atoms with Crippen molar-refractivity contribution in [1.82, 2.24) is 10.2 Å². The van der Waals surface area contributed by atoms with Crippen LogP contribution in [0.25, 0.3) is 0 Å². The van der Waals surface area contributed by atoms with Crippen LogP contribution in [0.1, 0.15) is 33.6 Å². The van der Waals surface area contributed by atoms with E-state index in [1.54, 1.807) is 35.2 Å². The van der Waals surface area contributed by atoms with Crippen LogP contribution in [-0.2, 0) is 0 Å². The van der Waals surface area contributed by atoms with Crippen LogP contribution >= 0.6 is 15.9 Å². The maximum atomic E-state index is 12.7. The maximum absolute atomic E-state index is 12.7. The Morgan fingerprint density at radius 1 is 1.11 bits per heavy atom. The average molecular weight is 431 g/mol. The number of rotatable bonds is 1. The Balaban J connectivity index is 1.49. The van der Waals surface area contributed by atoms with E-state index in [1.807, 2.05) is 6.07 Å². The van der Waals surface area contributed by atoms with E-state index < -0.39 is 5.72 Å². The molecule has 0 saturated carbocycles. The van der Waals surface area contributed by atoms with Gasteiger partial charge >= 0.3 is 0 Å². The molecule has 1 fully saturated rings. The predicted octanol–water partition coefficient (Wildman–Crippen LogP) is 2.37. The molecular formula is C19H19BrN4O3. The van der Waals surface area contributed by atoms with Gasteiger partial charge in [0.15, 0.2) is 5.72 Å². The van der Waals surface area contributed by atoms with Gasteiger partial charge in [0.2, 0.25) is 0 Å². The van der Waals surface area contributed by atoms with E-state index in [1.165, 1.54) is 0 Å². The lowest BCUT2D eigenvalue weighted by atomic mass is 9.96. The number of piperidine rings is 1. The number of hydrogen-bond acceptors (Lipinski definition) is 5. The largest absolute Gasteiger partial charge is 0.467 e. The topological polar surface area (TPSA) is 111 Å². The number of fused-ring (bicyclic) bond motifs is 1. The molecule has 0 atom stereocenters. The van der Waals surface area contributed by atoms with Crippen LogP contribution in [0.15, 0.2) is 40.9 Å². The van der Waals surface area contributed by atoms with Crippen LogP contribution in [0.3, 0.4) is 0 Å². The number of halogens is 1. The number of carbonyl (C=O) groups is 2. The van der Waals surface area contributed by atoms with E-state index in [-0.39, 0.29) is 11.8 Å². The standard InChI is InChI=1S/C19H19BrN4O3/c20-12-2-4-16-13(10-12)17(25)23-19(27-16)5-7-24(8-6-19)18(26)11-1-3-14(21)15(22)9-11/h1-4,9-10H,5-8,21-22H2,(H,23,25). The molecule has 2 aliphatic rings. The summed E-state index contributed by atoms with van der Waals surface area (Å²) >= 11 is 3.36. The zero-order valence-electron chi connectivity index (χ0n) is 14.5. The lowest BCUT2D eigenvalue weighted by molar-refractivity contribution is -0.0245. The Hall–Kier alpha value is -2.74. The molecule has 1 saturated heterocycles. The highest BCUT2D eigenvalue weighted by molar-refractivity contribution is 9.10. The molecule has 0 aromatic heterocycles. The maximum Gasteiger partial charge on any atom is 0.258 e. The predicted molar refractivity (Wildman–Crippen MR) is 105 cm³/mol. The van der Waals surface area contributed by atoms with Gasteiger partial charge in [-0.3, -0.25) is 9.59 Å². The van der Waals surface area contributed by atoms with Crippen LogP contribution in [-0.4, -0.2) is 35.5 Å². The fourth-order valence-electron chi connectivity index (χ4n) is 3.47. The van der Waals surface area contributed by atoms with Gasteiger partial charge in [0.25, 0.3) is 11.8 Å². The number of nitrogen functional groups attached to an aromatic ring is 2. The van der Waals surface area contributed by atoms with Crippen LogP contribution in [0.2, 0.25) is 0 Å². The molecule has 0 unspecified atom stereocenters. The number of hydrogen-bond donors (Lipinski definition) is 3. The molecule has 0 bridgehead atoms. The third kappa shape index (κ3) is 3.21. The number of nitrogens with two attached hydrogens (primary N) is 2.